The quantitative estimate of drug-likeness (QED) is 0.426. The van der Waals surface area contributed by atoms with Crippen LogP contribution in [0.4, 0.5) is 14.5 Å². The summed E-state index contributed by atoms with van der Waals surface area (Å²) in [5.74, 6) is -0.828. The SMILES string of the molecule is O=C1C(NS(=O)(=O)CCc2ccc(Cl)s2)=CCN1c1ccc(-n2ccnc2CN2CCC(F)C2)cc1F. The zero-order valence-corrected chi connectivity index (χ0v) is 22.0. The minimum atomic E-state index is -3.79. The maximum atomic E-state index is 15.2. The van der Waals surface area contributed by atoms with Crippen LogP contribution >= 0.6 is 22.9 Å². The summed E-state index contributed by atoms with van der Waals surface area (Å²) in [5, 5.41) is 0. The van der Waals surface area contributed by atoms with Crippen LogP contribution in [-0.2, 0) is 27.8 Å². The maximum Gasteiger partial charge on any atom is 0.275 e. The number of nitrogens with one attached hydrogen (secondary N) is 1. The van der Waals surface area contributed by atoms with Crippen molar-refractivity contribution in [1.82, 2.24) is 19.2 Å². The van der Waals surface area contributed by atoms with Crippen molar-refractivity contribution in [3.63, 3.8) is 0 Å². The van der Waals surface area contributed by atoms with Gasteiger partial charge in [0.2, 0.25) is 10.0 Å². The largest absolute Gasteiger partial charge is 0.303 e. The van der Waals surface area contributed by atoms with E-state index >= 15 is 4.39 Å². The molecule has 1 atom stereocenters. The molecule has 3 aromatic rings. The molecule has 1 aromatic carbocycles. The first-order chi connectivity index (χ1) is 17.7. The van der Waals surface area contributed by atoms with Gasteiger partial charge < -0.3 is 9.47 Å². The molecule has 0 spiro atoms. The number of alkyl halides is 1. The third kappa shape index (κ3) is 5.87. The van der Waals surface area contributed by atoms with Crippen LogP contribution in [0, 0.1) is 5.82 Å². The van der Waals surface area contributed by atoms with Gasteiger partial charge in [-0.1, -0.05) is 11.6 Å². The summed E-state index contributed by atoms with van der Waals surface area (Å²) in [6.07, 6.45) is 4.63. The molecule has 13 heteroatoms. The lowest BCUT2D eigenvalue weighted by Gasteiger charge is -2.19. The highest BCUT2D eigenvalue weighted by molar-refractivity contribution is 7.89. The lowest BCUT2D eigenvalue weighted by atomic mass is 10.2. The van der Waals surface area contributed by atoms with Gasteiger partial charge in [0, 0.05) is 48.7 Å². The molecule has 1 amide bonds. The Bertz CT molecular complexity index is 1460. The van der Waals surface area contributed by atoms with E-state index < -0.39 is 27.9 Å². The molecule has 2 aromatic heterocycles. The molecule has 0 aliphatic carbocycles. The number of likely N-dealkylation sites (tertiary alicyclic amines) is 1. The number of aryl methyl sites for hydroxylation is 1. The first-order valence-corrected chi connectivity index (χ1v) is 14.5. The average molecular weight is 568 g/mol. The standard InChI is InChI=1S/C24H24ClF2N5O3S2/c25-22-4-2-18(36-22)7-12-37(34,35)29-20-6-10-32(24(20)33)21-3-1-17(13-19(21)27)31-11-8-28-23(31)15-30-9-5-16(26)14-30/h1-4,6,8,11,13,16,29H,5,7,9-10,12,14-15H2. The monoisotopic (exact) mass is 567 g/mol. The van der Waals surface area contributed by atoms with Crippen LogP contribution in [0.25, 0.3) is 5.69 Å². The molecule has 2 aliphatic rings. The van der Waals surface area contributed by atoms with Gasteiger partial charge in [0.1, 0.15) is 23.5 Å². The van der Waals surface area contributed by atoms with E-state index in [0.29, 0.717) is 41.9 Å². The normalized spacial score (nSPS) is 18.6. The number of benzene rings is 1. The highest BCUT2D eigenvalue weighted by Crippen LogP contribution is 2.27. The fraction of sp³-hybridized carbons (Fsp3) is 0.333. The van der Waals surface area contributed by atoms with Crippen LogP contribution in [0.1, 0.15) is 17.1 Å². The summed E-state index contributed by atoms with van der Waals surface area (Å²) in [6.45, 7) is 1.45. The Hall–Kier alpha value is -2.80. The van der Waals surface area contributed by atoms with Crippen LogP contribution < -0.4 is 9.62 Å². The number of carbonyl (C=O) groups is 1. The highest BCUT2D eigenvalue weighted by Gasteiger charge is 2.30. The van der Waals surface area contributed by atoms with Crippen LogP contribution in [0.2, 0.25) is 4.34 Å². The lowest BCUT2D eigenvalue weighted by molar-refractivity contribution is -0.114. The van der Waals surface area contributed by atoms with Gasteiger partial charge in [-0.15, -0.1) is 11.3 Å². The second-order valence-corrected chi connectivity index (χ2v) is 12.5. The molecule has 0 bridgehead atoms. The molecule has 0 saturated carbocycles. The molecule has 4 heterocycles. The number of amides is 1. The molecule has 1 N–H and O–H groups in total. The number of rotatable bonds is 9. The van der Waals surface area contributed by atoms with Crippen molar-refractivity contribution in [2.45, 2.75) is 25.6 Å². The number of carbonyl (C=O) groups excluding carboxylic acids is 1. The van der Waals surface area contributed by atoms with Gasteiger partial charge in [-0.3, -0.25) is 14.4 Å². The predicted molar refractivity (Wildman–Crippen MR) is 139 cm³/mol. The van der Waals surface area contributed by atoms with Crippen molar-refractivity contribution in [3.05, 3.63) is 75.4 Å². The average Bonchev–Trinajstić information content (AvgIpc) is 3.64. The van der Waals surface area contributed by atoms with E-state index in [1.54, 1.807) is 35.2 Å². The zero-order chi connectivity index (χ0) is 26.2. The maximum absolute atomic E-state index is 15.2. The van der Waals surface area contributed by atoms with Crippen molar-refractivity contribution in [2.75, 3.05) is 30.3 Å². The molecule has 1 fully saturated rings. The van der Waals surface area contributed by atoms with E-state index in [1.807, 2.05) is 4.90 Å². The molecule has 2 aliphatic heterocycles. The van der Waals surface area contributed by atoms with Crippen molar-refractivity contribution in [3.8, 4) is 5.69 Å². The fourth-order valence-corrected chi connectivity index (χ4v) is 6.72. The molecule has 8 nitrogen and oxygen atoms in total. The van der Waals surface area contributed by atoms with Crippen molar-refractivity contribution in [1.29, 1.82) is 0 Å². The topological polar surface area (TPSA) is 87.5 Å². The first-order valence-electron chi connectivity index (χ1n) is 11.6. The van der Waals surface area contributed by atoms with Crippen molar-refractivity contribution in [2.24, 2.45) is 0 Å². The summed E-state index contributed by atoms with van der Waals surface area (Å²) < 4.78 is 58.4. The number of thiophene rings is 1. The molecule has 5 rings (SSSR count). The summed E-state index contributed by atoms with van der Waals surface area (Å²) >= 11 is 7.18. The first kappa shape index (κ1) is 25.8. The smallest absolute Gasteiger partial charge is 0.275 e. The number of anilines is 1. The zero-order valence-electron chi connectivity index (χ0n) is 19.6. The van der Waals surface area contributed by atoms with E-state index in [9.17, 15) is 17.6 Å². The van der Waals surface area contributed by atoms with E-state index in [1.165, 1.54) is 34.4 Å². The summed E-state index contributed by atoms with van der Waals surface area (Å²) in [6, 6.07) is 7.89. The van der Waals surface area contributed by atoms with Gasteiger partial charge in [0.25, 0.3) is 5.91 Å². The second kappa shape index (κ2) is 10.5. The van der Waals surface area contributed by atoms with E-state index in [4.69, 9.17) is 11.6 Å². The van der Waals surface area contributed by atoms with Gasteiger partial charge in [-0.2, -0.15) is 0 Å². The van der Waals surface area contributed by atoms with Crippen molar-refractivity contribution >= 4 is 44.6 Å². The molecular weight excluding hydrogens is 544 g/mol. The number of nitrogens with zero attached hydrogens (tertiary/aromatic N) is 4. The van der Waals surface area contributed by atoms with E-state index in [-0.39, 0.29) is 30.1 Å². The Kier molecular flexibility index (Phi) is 7.35. The van der Waals surface area contributed by atoms with E-state index in [2.05, 4.69) is 9.71 Å². The minimum Gasteiger partial charge on any atom is -0.303 e. The molecule has 196 valence electrons. The van der Waals surface area contributed by atoms with Gasteiger partial charge in [0.15, 0.2) is 0 Å². The Morgan fingerprint density at radius 1 is 1.24 bits per heavy atom. The van der Waals surface area contributed by atoms with E-state index in [0.717, 1.165) is 4.88 Å². The van der Waals surface area contributed by atoms with Crippen LogP contribution in [0.5, 0.6) is 0 Å². The van der Waals surface area contributed by atoms with Gasteiger partial charge in [0.05, 0.1) is 22.3 Å². The Morgan fingerprint density at radius 2 is 2.08 bits per heavy atom. The highest BCUT2D eigenvalue weighted by atomic mass is 35.5. The third-order valence-corrected chi connectivity index (χ3v) is 8.83. The molecule has 1 saturated heterocycles. The third-order valence-electron chi connectivity index (χ3n) is 6.26. The van der Waals surface area contributed by atoms with Crippen LogP contribution in [0.3, 0.4) is 0 Å². The molecule has 0 radical (unpaired) electrons. The molecular formula is C24H24ClF2N5O3S2. The number of hydrogen-bond acceptors (Lipinski definition) is 6. The summed E-state index contributed by atoms with van der Waals surface area (Å²) in [4.78, 5) is 21.2. The number of imidazole rings is 1. The Morgan fingerprint density at radius 3 is 2.78 bits per heavy atom. The number of sulfonamides is 1. The number of halogens is 3. The minimum absolute atomic E-state index is 0.0309. The summed E-state index contributed by atoms with van der Waals surface area (Å²) in [5.41, 5.74) is 0.439. The van der Waals surface area contributed by atoms with Gasteiger partial charge in [-0.25, -0.2) is 22.2 Å². The lowest BCUT2D eigenvalue weighted by Crippen LogP contribution is -2.34. The summed E-state index contributed by atoms with van der Waals surface area (Å²) in [7, 11) is -3.79. The predicted octanol–water partition coefficient (Wildman–Crippen LogP) is 3.66. The van der Waals surface area contributed by atoms with Crippen LogP contribution in [0.15, 0.2) is 54.5 Å². The Labute approximate surface area is 222 Å². The van der Waals surface area contributed by atoms with Crippen LogP contribution in [-0.4, -0.2) is 60.3 Å². The van der Waals surface area contributed by atoms with Crippen molar-refractivity contribution < 1.29 is 22.0 Å². The number of aromatic nitrogens is 2. The molecule has 1 unspecified atom stereocenters. The second-order valence-electron chi connectivity index (χ2n) is 8.88. The van der Waals surface area contributed by atoms with Gasteiger partial charge in [-0.05, 0) is 43.2 Å². The Balaban J connectivity index is 1.24. The fourth-order valence-electron chi connectivity index (χ4n) is 4.41. The van der Waals surface area contributed by atoms with Gasteiger partial charge >= 0.3 is 0 Å². The molecule has 37 heavy (non-hydrogen) atoms. The number of hydrogen-bond donors (Lipinski definition) is 1.